The van der Waals surface area contributed by atoms with E-state index in [0.717, 1.165) is 5.75 Å². The zero-order valence-corrected chi connectivity index (χ0v) is 10.4. The molecule has 1 heterocycles. The Bertz CT molecular complexity index is 492. The molecule has 1 aromatic carbocycles. The van der Waals surface area contributed by atoms with Gasteiger partial charge < -0.3 is 9.64 Å². The molecule has 5 heteroatoms. The van der Waals surface area contributed by atoms with Crippen LogP contribution in [0.3, 0.4) is 0 Å². The van der Waals surface area contributed by atoms with Gasteiger partial charge in [0.15, 0.2) is 0 Å². The molecular formula is C13H15N3O2. The first-order valence-electron chi connectivity index (χ1n) is 5.60. The number of hydrazone groups is 1. The number of carbonyl (C=O) groups is 1. The minimum absolute atomic E-state index is 0.199. The first-order valence-corrected chi connectivity index (χ1v) is 5.60. The summed E-state index contributed by atoms with van der Waals surface area (Å²) in [7, 11) is 3.71. The van der Waals surface area contributed by atoms with Crippen LogP contribution in [-0.2, 0) is 4.79 Å². The van der Waals surface area contributed by atoms with Crippen molar-refractivity contribution in [2.75, 3.05) is 20.7 Å². The highest BCUT2D eigenvalue weighted by atomic mass is 16.5. The predicted octanol–water partition coefficient (Wildman–Crippen LogP) is 0.997. The molecular weight excluding hydrogens is 230 g/mol. The van der Waals surface area contributed by atoms with Crippen molar-refractivity contribution in [2.24, 2.45) is 5.10 Å². The van der Waals surface area contributed by atoms with Crippen LogP contribution in [0.15, 0.2) is 47.2 Å². The summed E-state index contributed by atoms with van der Waals surface area (Å²) in [6.07, 6.45) is 1.73. The van der Waals surface area contributed by atoms with Gasteiger partial charge in [0.05, 0.1) is 5.57 Å². The second kappa shape index (κ2) is 5.35. The number of para-hydroxylation sites is 1. The smallest absolute Gasteiger partial charge is 0.274 e. The molecule has 1 amide bonds. The Kier molecular flexibility index (Phi) is 3.62. The Morgan fingerprint density at radius 3 is 2.72 bits per heavy atom. The molecule has 0 fully saturated rings. The van der Waals surface area contributed by atoms with Crippen molar-refractivity contribution in [1.29, 1.82) is 0 Å². The molecule has 18 heavy (non-hydrogen) atoms. The van der Waals surface area contributed by atoms with Crippen molar-refractivity contribution < 1.29 is 9.53 Å². The average Bonchev–Trinajstić information content (AvgIpc) is 2.69. The number of amides is 1. The van der Waals surface area contributed by atoms with E-state index in [-0.39, 0.29) is 12.5 Å². The maximum Gasteiger partial charge on any atom is 0.274 e. The van der Waals surface area contributed by atoms with Gasteiger partial charge in [-0.1, -0.05) is 18.2 Å². The van der Waals surface area contributed by atoms with Gasteiger partial charge in [0.1, 0.15) is 18.1 Å². The highest BCUT2D eigenvalue weighted by molar-refractivity contribution is 6.25. The maximum absolute atomic E-state index is 11.6. The first-order chi connectivity index (χ1) is 8.66. The van der Waals surface area contributed by atoms with Crippen LogP contribution in [-0.4, -0.2) is 37.2 Å². The van der Waals surface area contributed by atoms with Crippen LogP contribution in [0, 0.1) is 0 Å². The SMILES string of the molecule is CN(C)/C=C1/C(=O)NN=C1COc1ccccc1. The van der Waals surface area contributed by atoms with E-state index >= 15 is 0 Å². The second-order valence-electron chi connectivity index (χ2n) is 4.11. The van der Waals surface area contributed by atoms with Gasteiger partial charge in [0, 0.05) is 20.3 Å². The van der Waals surface area contributed by atoms with Crippen LogP contribution >= 0.6 is 0 Å². The standard InChI is InChI=1S/C13H15N3O2/c1-16(2)8-11-12(14-15-13(11)17)9-18-10-6-4-3-5-7-10/h3-8H,9H2,1-2H3,(H,15,17)/b11-8+. The van der Waals surface area contributed by atoms with Crippen molar-refractivity contribution in [2.45, 2.75) is 0 Å². The van der Waals surface area contributed by atoms with Crippen LogP contribution in [0.5, 0.6) is 5.75 Å². The van der Waals surface area contributed by atoms with Crippen LogP contribution in [0.1, 0.15) is 0 Å². The lowest BCUT2D eigenvalue weighted by atomic mass is 10.2. The van der Waals surface area contributed by atoms with E-state index in [1.807, 2.05) is 44.4 Å². The quantitative estimate of drug-likeness (QED) is 0.805. The zero-order chi connectivity index (χ0) is 13.0. The predicted molar refractivity (Wildman–Crippen MR) is 69.3 cm³/mol. The number of nitrogens with one attached hydrogen (secondary N) is 1. The number of benzene rings is 1. The molecule has 0 spiro atoms. The van der Waals surface area contributed by atoms with E-state index in [2.05, 4.69) is 10.5 Å². The Morgan fingerprint density at radius 1 is 1.33 bits per heavy atom. The van der Waals surface area contributed by atoms with Gasteiger partial charge in [-0.3, -0.25) is 4.79 Å². The van der Waals surface area contributed by atoms with Crippen molar-refractivity contribution >= 4 is 11.6 Å². The Balaban J connectivity index is 2.03. The van der Waals surface area contributed by atoms with E-state index in [9.17, 15) is 4.79 Å². The van der Waals surface area contributed by atoms with Gasteiger partial charge in [-0.05, 0) is 12.1 Å². The number of carbonyl (C=O) groups excluding carboxylic acids is 1. The Labute approximate surface area is 106 Å². The van der Waals surface area contributed by atoms with Gasteiger partial charge in [-0.2, -0.15) is 5.10 Å². The molecule has 5 nitrogen and oxygen atoms in total. The molecule has 94 valence electrons. The molecule has 0 atom stereocenters. The number of rotatable bonds is 4. The van der Waals surface area contributed by atoms with E-state index < -0.39 is 0 Å². The third kappa shape index (κ3) is 2.88. The lowest BCUT2D eigenvalue weighted by molar-refractivity contribution is -0.116. The zero-order valence-electron chi connectivity index (χ0n) is 10.4. The van der Waals surface area contributed by atoms with Gasteiger partial charge in [-0.25, -0.2) is 5.43 Å². The molecule has 0 aromatic heterocycles. The highest BCUT2D eigenvalue weighted by Crippen LogP contribution is 2.11. The number of hydrogen-bond acceptors (Lipinski definition) is 4. The van der Waals surface area contributed by atoms with Crippen molar-refractivity contribution in [3.05, 3.63) is 42.1 Å². The minimum Gasteiger partial charge on any atom is -0.487 e. The van der Waals surface area contributed by atoms with E-state index in [1.165, 1.54) is 0 Å². The largest absolute Gasteiger partial charge is 0.487 e. The summed E-state index contributed by atoms with van der Waals surface area (Å²) in [5.41, 5.74) is 3.58. The van der Waals surface area contributed by atoms with Crippen LogP contribution in [0.2, 0.25) is 0 Å². The monoisotopic (exact) mass is 245 g/mol. The summed E-state index contributed by atoms with van der Waals surface area (Å²) < 4.78 is 5.57. The topological polar surface area (TPSA) is 53.9 Å². The van der Waals surface area contributed by atoms with E-state index in [1.54, 1.807) is 11.1 Å². The fraction of sp³-hybridized carbons (Fsp3) is 0.231. The van der Waals surface area contributed by atoms with Crippen LogP contribution in [0.25, 0.3) is 0 Å². The molecule has 0 aliphatic carbocycles. The summed E-state index contributed by atoms with van der Waals surface area (Å²) in [5.74, 6) is 0.555. The van der Waals surface area contributed by atoms with Crippen molar-refractivity contribution in [1.82, 2.24) is 10.3 Å². The molecule has 0 saturated heterocycles. The minimum atomic E-state index is -0.199. The molecule has 2 rings (SSSR count). The van der Waals surface area contributed by atoms with Gasteiger partial charge >= 0.3 is 0 Å². The summed E-state index contributed by atoms with van der Waals surface area (Å²) in [6.45, 7) is 0.266. The highest BCUT2D eigenvalue weighted by Gasteiger charge is 2.23. The average molecular weight is 245 g/mol. The lowest BCUT2D eigenvalue weighted by Gasteiger charge is -2.08. The van der Waals surface area contributed by atoms with Gasteiger partial charge in [-0.15, -0.1) is 0 Å². The number of ether oxygens (including phenoxy) is 1. The fourth-order valence-electron chi connectivity index (χ4n) is 1.54. The maximum atomic E-state index is 11.6. The van der Waals surface area contributed by atoms with Crippen LogP contribution in [0.4, 0.5) is 0 Å². The lowest BCUT2D eigenvalue weighted by Crippen LogP contribution is -2.19. The van der Waals surface area contributed by atoms with Crippen LogP contribution < -0.4 is 10.2 Å². The third-order valence-electron chi connectivity index (χ3n) is 2.35. The van der Waals surface area contributed by atoms with Gasteiger partial charge in [0.25, 0.3) is 5.91 Å². The first kappa shape index (κ1) is 12.2. The number of hydrogen-bond donors (Lipinski definition) is 1. The molecule has 0 unspecified atom stereocenters. The second-order valence-corrected chi connectivity index (χ2v) is 4.11. The summed E-state index contributed by atoms with van der Waals surface area (Å²) >= 11 is 0. The summed E-state index contributed by atoms with van der Waals surface area (Å²) in [5, 5.41) is 3.96. The number of nitrogens with zero attached hydrogens (tertiary/aromatic N) is 2. The van der Waals surface area contributed by atoms with E-state index in [4.69, 9.17) is 4.74 Å². The normalized spacial score (nSPS) is 16.4. The molecule has 1 N–H and O–H groups in total. The third-order valence-corrected chi connectivity index (χ3v) is 2.35. The Morgan fingerprint density at radius 2 is 2.06 bits per heavy atom. The molecule has 0 bridgehead atoms. The summed E-state index contributed by atoms with van der Waals surface area (Å²) in [4.78, 5) is 13.4. The van der Waals surface area contributed by atoms with Crippen molar-refractivity contribution in [3.8, 4) is 5.75 Å². The molecule has 0 saturated carbocycles. The van der Waals surface area contributed by atoms with E-state index in [0.29, 0.717) is 11.3 Å². The van der Waals surface area contributed by atoms with Crippen molar-refractivity contribution in [3.63, 3.8) is 0 Å². The molecule has 1 aromatic rings. The Hall–Kier alpha value is -2.30. The molecule has 1 aliphatic rings. The summed E-state index contributed by atoms with van der Waals surface area (Å²) in [6, 6.07) is 9.43. The van der Waals surface area contributed by atoms with Gasteiger partial charge in [0.2, 0.25) is 0 Å². The molecule has 1 aliphatic heterocycles. The molecule has 0 radical (unpaired) electrons. The fourth-order valence-corrected chi connectivity index (χ4v) is 1.54.